The fraction of sp³-hybridized carbons (Fsp3) is 0.238. The van der Waals surface area contributed by atoms with E-state index in [2.05, 4.69) is 38.8 Å². The summed E-state index contributed by atoms with van der Waals surface area (Å²) in [6, 6.07) is 18.1. The van der Waals surface area contributed by atoms with Gasteiger partial charge in [0.15, 0.2) is 11.0 Å². The van der Waals surface area contributed by atoms with E-state index in [9.17, 15) is 0 Å². The van der Waals surface area contributed by atoms with E-state index < -0.39 is 0 Å². The van der Waals surface area contributed by atoms with Crippen molar-refractivity contribution in [2.24, 2.45) is 0 Å². The number of aromatic nitrogens is 5. The van der Waals surface area contributed by atoms with Gasteiger partial charge in [-0.2, -0.15) is 0 Å². The quantitative estimate of drug-likeness (QED) is 0.422. The van der Waals surface area contributed by atoms with Crippen LogP contribution in [0.5, 0.6) is 0 Å². The first-order chi connectivity index (χ1) is 13.7. The Labute approximate surface area is 168 Å². The number of rotatable bonds is 6. The SMILES string of the molecule is CCn1c(S[C@H](C)c2nnc(-c3ccc(C)cc3)o2)nnc1-c1ccccc1. The molecule has 0 aliphatic rings. The number of hydrogen-bond donors (Lipinski definition) is 0. The maximum absolute atomic E-state index is 5.91. The van der Waals surface area contributed by atoms with Gasteiger partial charge in [-0.25, -0.2) is 0 Å². The molecule has 0 fully saturated rings. The Hall–Kier alpha value is -2.93. The van der Waals surface area contributed by atoms with Gasteiger partial charge in [-0.15, -0.1) is 20.4 Å². The molecule has 7 heteroatoms. The summed E-state index contributed by atoms with van der Waals surface area (Å²) < 4.78 is 8.01. The van der Waals surface area contributed by atoms with Crippen molar-refractivity contribution >= 4 is 11.8 Å². The summed E-state index contributed by atoms with van der Waals surface area (Å²) in [5, 5.41) is 18.0. The van der Waals surface area contributed by atoms with Crippen molar-refractivity contribution in [2.45, 2.75) is 37.7 Å². The van der Waals surface area contributed by atoms with Crippen LogP contribution >= 0.6 is 11.8 Å². The van der Waals surface area contributed by atoms with Crippen molar-refractivity contribution in [3.05, 3.63) is 66.1 Å². The monoisotopic (exact) mass is 391 g/mol. The highest BCUT2D eigenvalue weighted by Crippen LogP contribution is 2.35. The molecule has 0 spiro atoms. The Morgan fingerprint density at radius 1 is 0.929 bits per heavy atom. The standard InChI is InChI=1S/C21H21N5OS/c1-4-26-18(16-8-6-5-7-9-16)22-25-21(26)28-15(3)19-23-24-20(27-19)17-12-10-14(2)11-13-17/h5-13,15H,4H2,1-3H3/t15-/m1/s1. The Morgan fingerprint density at radius 2 is 1.68 bits per heavy atom. The lowest BCUT2D eigenvalue weighted by atomic mass is 10.1. The van der Waals surface area contributed by atoms with E-state index in [1.54, 1.807) is 11.8 Å². The number of hydrogen-bond acceptors (Lipinski definition) is 6. The van der Waals surface area contributed by atoms with Crippen LogP contribution in [-0.2, 0) is 6.54 Å². The number of nitrogens with zero attached hydrogens (tertiary/aromatic N) is 5. The molecule has 1 atom stereocenters. The summed E-state index contributed by atoms with van der Waals surface area (Å²) in [4.78, 5) is 0. The molecule has 0 unspecified atom stereocenters. The molecule has 28 heavy (non-hydrogen) atoms. The van der Waals surface area contributed by atoms with Gasteiger partial charge in [0.2, 0.25) is 11.8 Å². The zero-order valence-corrected chi connectivity index (χ0v) is 16.8. The second-order valence-electron chi connectivity index (χ2n) is 6.49. The summed E-state index contributed by atoms with van der Waals surface area (Å²) in [6.07, 6.45) is 0. The van der Waals surface area contributed by atoms with Gasteiger partial charge in [0.05, 0.1) is 5.25 Å². The third-order valence-electron chi connectivity index (χ3n) is 4.43. The Balaban J connectivity index is 1.55. The average Bonchev–Trinajstić information content (AvgIpc) is 3.36. The third kappa shape index (κ3) is 3.71. The van der Waals surface area contributed by atoms with Gasteiger partial charge in [-0.3, -0.25) is 0 Å². The summed E-state index contributed by atoms with van der Waals surface area (Å²) in [7, 11) is 0. The zero-order valence-electron chi connectivity index (χ0n) is 16.0. The summed E-state index contributed by atoms with van der Waals surface area (Å²) >= 11 is 1.57. The van der Waals surface area contributed by atoms with E-state index in [1.165, 1.54) is 5.56 Å². The minimum absolute atomic E-state index is 0.0372. The van der Waals surface area contributed by atoms with E-state index in [0.29, 0.717) is 11.8 Å². The predicted octanol–water partition coefficient (Wildman–Crippen LogP) is 5.18. The van der Waals surface area contributed by atoms with Gasteiger partial charge < -0.3 is 8.98 Å². The van der Waals surface area contributed by atoms with Gasteiger partial charge >= 0.3 is 0 Å². The highest BCUT2D eigenvalue weighted by Gasteiger charge is 2.21. The molecule has 0 aliphatic heterocycles. The number of benzene rings is 2. The molecule has 6 nitrogen and oxygen atoms in total. The number of thioether (sulfide) groups is 1. The fourth-order valence-corrected chi connectivity index (χ4v) is 3.82. The molecule has 0 radical (unpaired) electrons. The lowest BCUT2D eigenvalue weighted by molar-refractivity contribution is 0.508. The van der Waals surface area contributed by atoms with Gasteiger partial charge in [-0.05, 0) is 32.9 Å². The van der Waals surface area contributed by atoms with Gasteiger partial charge in [0.25, 0.3) is 0 Å². The van der Waals surface area contributed by atoms with E-state index in [0.717, 1.165) is 28.7 Å². The van der Waals surface area contributed by atoms with E-state index in [1.807, 2.05) is 61.5 Å². The molecule has 4 aromatic rings. The van der Waals surface area contributed by atoms with Crippen LogP contribution in [0.15, 0.2) is 64.2 Å². The normalized spacial score (nSPS) is 12.2. The molecule has 142 valence electrons. The highest BCUT2D eigenvalue weighted by molar-refractivity contribution is 7.99. The van der Waals surface area contributed by atoms with E-state index in [4.69, 9.17) is 4.42 Å². The maximum Gasteiger partial charge on any atom is 0.247 e. The molecule has 4 rings (SSSR count). The van der Waals surface area contributed by atoms with Crippen molar-refractivity contribution in [1.82, 2.24) is 25.0 Å². The molecule has 2 aromatic heterocycles. The Bertz CT molecular complexity index is 1060. The van der Waals surface area contributed by atoms with Crippen LogP contribution in [0.3, 0.4) is 0 Å². The summed E-state index contributed by atoms with van der Waals surface area (Å²) in [6.45, 7) is 6.96. The second kappa shape index (κ2) is 7.98. The lowest BCUT2D eigenvalue weighted by Crippen LogP contribution is -2.01. The molecule has 0 aliphatic carbocycles. The van der Waals surface area contributed by atoms with Crippen LogP contribution < -0.4 is 0 Å². The molecule has 0 amide bonds. The molecule has 2 heterocycles. The van der Waals surface area contributed by atoms with Gasteiger partial charge in [-0.1, -0.05) is 59.8 Å². The Morgan fingerprint density at radius 3 is 2.39 bits per heavy atom. The largest absolute Gasteiger partial charge is 0.419 e. The van der Waals surface area contributed by atoms with Crippen molar-refractivity contribution in [2.75, 3.05) is 0 Å². The molecule has 0 saturated carbocycles. The van der Waals surface area contributed by atoms with Crippen LogP contribution in [0.1, 0.15) is 30.6 Å². The zero-order chi connectivity index (χ0) is 19.5. The first kappa shape index (κ1) is 18.4. The molecule has 0 bridgehead atoms. The number of aryl methyl sites for hydroxylation is 1. The average molecular weight is 392 g/mol. The molecular weight excluding hydrogens is 370 g/mol. The van der Waals surface area contributed by atoms with E-state index >= 15 is 0 Å². The minimum Gasteiger partial charge on any atom is -0.419 e. The Kier molecular flexibility index (Phi) is 5.25. The molecule has 0 saturated heterocycles. The van der Waals surface area contributed by atoms with Gasteiger partial charge in [0, 0.05) is 17.7 Å². The third-order valence-corrected chi connectivity index (χ3v) is 5.50. The predicted molar refractivity (Wildman–Crippen MR) is 110 cm³/mol. The fourth-order valence-electron chi connectivity index (χ4n) is 2.88. The lowest BCUT2D eigenvalue weighted by Gasteiger charge is -2.09. The van der Waals surface area contributed by atoms with Gasteiger partial charge in [0.1, 0.15) is 0 Å². The second-order valence-corrected chi connectivity index (χ2v) is 7.80. The molecular formula is C21H21N5OS. The summed E-state index contributed by atoms with van der Waals surface area (Å²) in [5.41, 5.74) is 3.17. The topological polar surface area (TPSA) is 69.6 Å². The van der Waals surface area contributed by atoms with Crippen molar-refractivity contribution in [3.63, 3.8) is 0 Å². The molecule has 2 aromatic carbocycles. The van der Waals surface area contributed by atoms with Crippen LogP contribution in [0.4, 0.5) is 0 Å². The first-order valence-corrected chi connectivity index (χ1v) is 10.1. The van der Waals surface area contributed by atoms with E-state index in [-0.39, 0.29) is 5.25 Å². The van der Waals surface area contributed by atoms with Crippen LogP contribution in [0.25, 0.3) is 22.8 Å². The van der Waals surface area contributed by atoms with Crippen molar-refractivity contribution in [1.29, 1.82) is 0 Å². The smallest absolute Gasteiger partial charge is 0.247 e. The van der Waals surface area contributed by atoms with Crippen LogP contribution in [-0.4, -0.2) is 25.0 Å². The van der Waals surface area contributed by atoms with Crippen LogP contribution in [0.2, 0.25) is 0 Å². The first-order valence-electron chi connectivity index (χ1n) is 9.21. The highest BCUT2D eigenvalue weighted by atomic mass is 32.2. The van der Waals surface area contributed by atoms with Crippen molar-refractivity contribution in [3.8, 4) is 22.8 Å². The van der Waals surface area contributed by atoms with Crippen LogP contribution in [0, 0.1) is 6.92 Å². The maximum atomic E-state index is 5.91. The summed E-state index contributed by atoms with van der Waals surface area (Å²) in [5.74, 6) is 1.97. The minimum atomic E-state index is -0.0372. The molecule has 0 N–H and O–H groups in total. The van der Waals surface area contributed by atoms with Crippen molar-refractivity contribution < 1.29 is 4.42 Å².